The van der Waals surface area contributed by atoms with Gasteiger partial charge in [-0.3, -0.25) is 4.79 Å². The summed E-state index contributed by atoms with van der Waals surface area (Å²) in [7, 11) is 0. The van der Waals surface area contributed by atoms with Gasteiger partial charge in [0, 0.05) is 11.8 Å². The Bertz CT molecular complexity index is 961. The molecule has 28 heavy (non-hydrogen) atoms. The van der Waals surface area contributed by atoms with E-state index in [0.717, 1.165) is 21.8 Å². The number of nitrogens with one attached hydrogen (secondary N) is 1. The van der Waals surface area contributed by atoms with Crippen LogP contribution < -0.4 is 5.43 Å². The molecule has 1 aliphatic heterocycles. The fourth-order valence-corrected chi connectivity index (χ4v) is 3.69. The molecule has 0 saturated carbocycles. The quantitative estimate of drug-likeness (QED) is 0.513. The van der Waals surface area contributed by atoms with E-state index in [-0.39, 0.29) is 12.3 Å². The predicted octanol–water partition coefficient (Wildman–Crippen LogP) is 3.20. The number of hydrogen-bond donors (Lipinski definition) is 1. The molecule has 144 valence electrons. The maximum atomic E-state index is 12.1. The second-order valence-corrected chi connectivity index (χ2v) is 7.44. The number of carbonyl (C=O) groups excluding carboxylic acids is 1. The van der Waals surface area contributed by atoms with Crippen LogP contribution in [0.4, 0.5) is 0 Å². The van der Waals surface area contributed by atoms with E-state index in [4.69, 9.17) is 14.6 Å². The molecule has 0 unspecified atom stereocenters. The summed E-state index contributed by atoms with van der Waals surface area (Å²) in [5.41, 5.74) is 5.12. The highest BCUT2D eigenvalue weighted by atomic mass is 32.1. The maximum Gasteiger partial charge on any atom is 0.245 e. The van der Waals surface area contributed by atoms with Crippen molar-refractivity contribution in [3.05, 3.63) is 59.6 Å². The third-order valence-corrected chi connectivity index (χ3v) is 5.17. The van der Waals surface area contributed by atoms with Gasteiger partial charge in [0.05, 0.1) is 36.4 Å². The van der Waals surface area contributed by atoms with Crippen LogP contribution in [0, 0.1) is 0 Å². The summed E-state index contributed by atoms with van der Waals surface area (Å²) >= 11 is 1.60. The molecule has 0 aliphatic carbocycles. The molecule has 1 aliphatic rings. The van der Waals surface area contributed by atoms with Crippen LogP contribution in [0.25, 0.3) is 16.3 Å². The van der Waals surface area contributed by atoms with Crippen LogP contribution in [0.1, 0.15) is 18.9 Å². The van der Waals surface area contributed by atoms with Crippen molar-refractivity contribution in [1.82, 2.24) is 15.2 Å². The monoisotopic (exact) mass is 396 g/mol. The minimum absolute atomic E-state index is 0.0887. The average molecular weight is 396 g/mol. The van der Waals surface area contributed by atoms with Gasteiger partial charge < -0.3 is 9.47 Å². The number of rotatable bonds is 6. The summed E-state index contributed by atoms with van der Waals surface area (Å²) in [6.45, 7) is 2.74. The molecular weight excluding hydrogens is 376 g/mol. The lowest BCUT2D eigenvalue weighted by molar-refractivity contribution is -0.159. The van der Waals surface area contributed by atoms with Crippen molar-refractivity contribution in [3.8, 4) is 16.3 Å². The Kier molecular flexibility index (Phi) is 5.34. The standard InChI is InChI=1S/C20H20N4O3S/c1-20(26-9-10-27-20)12-18(25)22-21-13-15-14-24(16-6-3-2-4-7-16)23-19(15)17-8-5-11-28-17/h2-8,11,13-14H,9-10,12H2,1H3,(H,22,25). The van der Waals surface area contributed by atoms with Crippen LogP contribution in [-0.4, -0.2) is 40.9 Å². The van der Waals surface area contributed by atoms with Crippen molar-refractivity contribution < 1.29 is 14.3 Å². The summed E-state index contributed by atoms with van der Waals surface area (Å²) < 4.78 is 12.7. The van der Waals surface area contributed by atoms with Gasteiger partial charge >= 0.3 is 0 Å². The molecule has 1 aromatic carbocycles. The maximum absolute atomic E-state index is 12.1. The Morgan fingerprint density at radius 1 is 1.29 bits per heavy atom. The molecule has 1 amide bonds. The highest BCUT2D eigenvalue weighted by molar-refractivity contribution is 7.13. The number of para-hydroxylation sites is 1. The first-order valence-corrected chi connectivity index (χ1v) is 9.80. The third kappa shape index (κ3) is 4.19. The first kappa shape index (κ1) is 18.5. The SMILES string of the molecule is CC1(CC(=O)NN=Cc2cn(-c3ccccc3)nc2-c2cccs2)OCCO1. The van der Waals surface area contributed by atoms with E-state index >= 15 is 0 Å². The second kappa shape index (κ2) is 8.05. The molecule has 3 heterocycles. The van der Waals surface area contributed by atoms with Gasteiger partial charge in [-0.15, -0.1) is 11.3 Å². The molecular formula is C20H20N4O3S. The third-order valence-electron chi connectivity index (χ3n) is 4.29. The van der Waals surface area contributed by atoms with Gasteiger partial charge in [0.15, 0.2) is 5.79 Å². The van der Waals surface area contributed by atoms with Gasteiger partial charge in [0.2, 0.25) is 5.91 Å². The van der Waals surface area contributed by atoms with Crippen LogP contribution in [0.2, 0.25) is 0 Å². The molecule has 0 radical (unpaired) electrons. The molecule has 3 aromatic rings. The lowest BCUT2D eigenvalue weighted by Gasteiger charge is -2.20. The molecule has 0 bridgehead atoms. The first-order chi connectivity index (χ1) is 13.6. The topological polar surface area (TPSA) is 77.7 Å². The largest absolute Gasteiger partial charge is 0.347 e. The van der Waals surface area contributed by atoms with E-state index in [9.17, 15) is 4.79 Å². The normalized spacial score (nSPS) is 15.9. The van der Waals surface area contributed by atoms with Gasteiger partial charge in [-0.2, -0.15) is 10.2 Å². The number of ether oxygens (including phenoxy) is 2. The fourth-order valence-electron chi connectivity index (χ4n) is 2.96. The van der Waals surface area contributed by atoms with E-state index in [2.05, 4.69) is 10.5 Å². The zero-order valence-electron chi connectivity index (χ0n) is 15.4. The zero-order chi connectivity index (χ0) is 19.4. The Morgan fingerprint density at radius 2 is 2.07 bits per heavy atom. The summed E-state index contributed by atoms with van der Waals surface area (Å²) in [4.78, 5) is 13.2. The van der Waals surface area contributed by atoms with Crippen molar-refractivity contribution >= 4 is 23.5 Å². The molecule has 1 saturated heterocycles. The molecule has 1 N–H and O–H groups in total. The number of aromatic nitrogens is 2. The summed E-state index contributed by atoms with van der Waals surface area (Å²) in [5, 5.41) is 10.8. The molecule has 8 heteroatoms. The van der Waals surface area contributed by atoms with E-state index < -0.39 is 5.79 Å². The van der Waals surface area contributed by atoms with E-state index in [1.54, 1.807) is 29.2 Å². The number of hydrazone groups is 1. The summed E-state index contributed by atoms with van der Waals surface area (Å²) in [6.07, 6.45) is 3.59. The van der Waals surface area contributed by atoms with Gasteiger partial charge in [-0.25, -0.2) is 10.1 Å². The van der Waals surface area contributed by atoms with Gasteiger partial charge in [-0.1, -0.05) is 24.3 Å². The van der Waals surface area contributed by atoms with Gasteiger partial charge in [-0.05, 0) is 30.5 Å². The summed E-state index contributed by atoms with van der Waals surface area (Å²) in [6, 6.07) is 13.8. The minimum Gasteiger partial charge on any atom is -0.347 e. The van der Waals surface area contributed by atoms with E-state index in [1.807, 2.05) is 54.0 Å². The number of amides is 1. The average Bonchev–Trinajstić information content (AvgIpc) is 3.43. The number of thiophene rings is 1. The van der Waals surface area contributed by atoms with E-state index in [1.165, 1.54) is 0 Å². The van der Waals surface area contributed by atoms with Crippen molar-refractivity contribution in [2.24, 2.45) is 5.10 Å². The number of carbonyl (C=O) groups is 1. The van der Waals surface area contributed by atoms with Crippen LogP contribution in [-0.2, 0) is 14.3 Å². The van der Waals surface area contributed by atoms with Crippen molar-refractivity contribution in [2.45, 2.75) is 19.1 Å². The lowest BCUT2D eigenvalue weighted by atomic mass is 10.2. The highest BCUT2D eigenvalue weighted by Crippen LogP contribution is 2.27. The first-order valence-electron chi connectivity index (χ1n) is 8.92. The summed E-state index contributed by atoms with van der Waals surface area (Å²) in [5.74, 6) is -1.14. The Hall–Kier alpha value is -2.81. The number of hydrogen-bond acceptors (Lipinski definition) is 6. The zero-order valence-corrected chi connectivity index (χ0v) is 16.2. The molecule has 0 spiro atoms. The van der Waals surface area contributed by atoms with E-state index in [0.29, 0.717) is 13.2 Å². The number of benzene rings is 1. The molecule has 7 nitrogen and oxygen atoms in total. The molecule has 1 fully saturated rings. The lowest BCUT2D eigenvalue weighted by Crippen LogP contribution is -2.33. The van der Waals surface area contributed by atoms with Crippen LogP contribution in [0.5, 0.6) is 0 Å². The minimum atomic E-state index is -0.875. The molecule has 2 aromatic heterocycles. The predicted molar refractivity (Wildman–Crippen MR) is 108 cm³/mol. The van der Waals surface area contributed by atoms with Crippen molar-refractivity contribution in [2.75, 3.05) is 13.2 Å². The van der Waals surface area contributed by atoms with Crippen molar-refractivity contribution in [1.29, 1.82) is 0 Å². The van der Waals surface area contributed by atoms with Crippen molar-refractivity contribution in [3.63, 3.8) is 0 Å². The highest BCUT2D eigenvalue weighted by Gasteiger charge is 2.33. The smallest absolute Gasteiger partial charge is 0.245 e. The fraction of sp³-hybridized carbons (Fsp3) is 0.250. The molecule has 0 atom stereocenters. The Labute approximate surface area is 166 Å². The van der Waals surface area contributed by atoms with Crippen LogP contribution in [0.3, 0.4) is 0 Å². The van der Waals surface area contributed by atoms with Gasteiger partial charge in [0.1, 0.15) is 5.69 Å². The van der Waals surface area contributed by atoms with Crippen LogP contribution >= 0.6 is 11.3 Å². The molecule has 4 rings (SSSR count). The van der Waals surface area contributed by atoms with Crippen LogP contribution in [0.15, 0.2) is 59.1 Å². The Morgan fingerprint density at radius 3 is 2.79 bits per heavy atom. The Balaban J connectivity index is 1.52. The number of nitrogens with zero attached hydrogens (tertiary/aromatic N) is 3. The second-order valence-electron chi connectivity index (χ2n) is 6.49. The van der Waals surface area contributed by atoms with Gasteiger partial charge in [0.25, 0.3) is 0 Å².